The number of nitrogens with two attached hydrogens (primary N) is 1. The molecule has 0 saturated carbocycles. The quantitative estimate of drug-likeness (QED) is 0.500. The van der Waals surface area contributed by atoms with Gasteiger partial charge in [0.25, 0.3) is 0 Å². The van der Waals surface area contributed by atoms with Crippen molar-refractivity contribution in [3.8, 4) is 0 Å². The van der Waals surface area contributed by atoms with Crippen molar-refractivity contribution < 1.29 is 4.79 Å². The van der Waals surface area contributed by atoms with E-state index in [9.17, 15) is 4.79 Å². The molecule has 0 atom stereocenters. The van der Waals surface area contributed by atoms with Gasteiger partial charge in [-0.15, -0.1) is 12.4 Å². The molecule has 0 fully saturated rings. The van der Waals surface area contributed by atoms with E-state index in [0.717, 1.165) is 11.4 Å². The summed E-state index contributed by atoms with van der Waals surface area (Å²) in [6, 6.07) is 7.16. The molecule has 0 aromatic heterocycles. The summed E-state index contributed by atoms with van der Waals surface area (Å²) in [4.78, 5) is 10.7. The summed E-state index contributed by atoms with van der Waals surface area (Å²) in [7, 11) is 0. The van der Waals surface area contributed by atoms with Crippen molar-refractivity contribution in [2.75, 3.05) is 10.7 Å². The van der Waals surface area contributed by atoms with Crippen molar-refractivity contribution in [3.05, 3.63) is 24.3 Å². The molecule has 0 aliphatic carbocycles. The zero-order valence-corrected chi connectivity index (χ0v) is 8.02. The summed E-state index contributed by atoms with van der Waals surface area (Å²) >= 11 is 0. The van der Waals surface area contributed by atoms with Crippen LogP contribution in [-0.4, -0.2) is 5.91 Å². The maximum Gasteiger partial charge on any atom is 0.221 e. The highest BCUT2D eigenvalue weighted by Crippen LogP contribution is 2.13. The number of halogens is 1. The van der Waals surface area contributed by atoms with Gasteiger partial charge in [0.2, 0.25) is 5.91 Å². The van der Waals surface area contributed by atoms with Gasteiger partial charge < -0.3 is 10.7 Å². The molecule has 1 amide bonds. The van der Waals surface area contributed by atoms with Crippen LogP contribution in [0.3, 0.4) is 0 Å². The van der Waals surface area contributed by atoms with Gasteiger partial charge in [0, 0.05) is 12.6 Å². The van der Waals surface area contributed by atoms with Gasteiger partial charge in [-0.25, -0.2) is 0 Å². The predicted octanol–water partition coefficient (Wildman–Crippen LogP) is 1.35. The maximum atomic E-state index is 10.7. The second kappa shape index (κ2) is 5.40. The lowest BCUT2D eigenvalue weighted by Gasteiger charge is -2.03. The van der Waals surface area contributed by atoms with Crippen molar-refractivity contribution in [2.45, 2.75) is 6.92 Å². The van der Waals surface area contributed by atoms with Crippen LogP contribution in [-0.2, 0) is 4.79 Å². The Hall–Kier alpha value is -1.26. The van der Waals surface area contributed by atoms with Crippen molar-refractivity contribution in [1.82, 2.24) is 0 Å². The summed E-state index contributed by atoms with van der Waals surface area (Å²) in [6.45, 7) is 1.46. The van der Waals surface area contributed by atoms with Gasteiger partial charge in [0.15, 0.2) is 0 Å². The molecule has 0 heterocycles. The van der Waals surface area contributed by atoms with Gasteiger partial charge in [-0.3, -0.25) is 10.6 Å². The first-order chi connectivity index (χ1) is 5.72. The minimum absolute atomic E-state index is 0. The molecular formula is C8H12ClN3O. The molecule has 0 radical (unpaired) electrons. The van der Waals surface area contributed by atoms with Crippen LogP contribution >= 0.6 is 12.4 Å². The Bertz CT molecular complexity index is 290. The molecule has 4 N–H and O–H groups in total. The lowest BCUT2D eigenvalue weighted by atomic mass is 10.3. The first-order valence-electron chi connectivity index (χ1n) is 3.56. The summed E-state index contributed by atoms with van der Waals surface area (Å²) in [6.07, 6.45) is 0. The third kappa shape index (κ3) is 3.78. The maximum absolute atomic E-state index is 10.7. The number of anilines is 2. The van der Waals surface area contributed by atoms with E-state index in [0.29, 0.717) is 0 Å². The molecule has 0 saturated heterocycles. The van der Waals surface area contributed by atoms with E-state index in [4.69, 9.17) is 5.84 Å². The Morgan fingerprint density at radius 2 is 2.00 bits per heavy atom. The Labute approximate surface area is 82.9 Å². The van der Waals surface area contributed by atoms with Gasteiger partial charge >= 0.3 is 0 Å². The summed E-state index contributed by atoms with van der Waals surface area (Å²) in [5, 5.41) is 2.64. The van der Waals surface area contributed by atoms with Crippen LogP contribution in [0.4, 0.5) is 11.4 Å². The highest BCUT2D eigenvalue weighted by atomic mass is 35.5. The van der Waals surface area contributed by atoms with E-state index >= 15 is 0 Å². The average Bonchev–Trinajstić information content (AvgIpc) is 2.03. The molecule has 0 aliphatic heterocycles. The topological polar surface area (TPSA) is 67.2 Å². The standard InChI is InChI=1S/C8H11N3O.ClH/c1-6(12)10-7-3-2-4-8(5-7)11-9;/h2-5,11H,9H2,1H3,(H,10,12);1H. The predicted molar refractivity (Wildman–Crippen MR) is 55.8 cm³/mol. The van der Waals surface area contributed by atoms with E-state index in [2.05, 4.69) is 10.7 Å². The fourth-order valence-corrected chi connectivity index (χ4v) is 0.890. The first kappa shape index (κ1) is 11.7. The zero-order chi connectivity index (χ0) is 8.97. The smallest absolute Gasteiger partial charge is 0.221 e. The Morgan fingerprint density at radius 1 is 1.38 bits per heavy atom. The van der Waals surface area contributed by atoms with E-state index in [1.165, 1.54) is 6.92 Å². The molecule has 1 rings (SSSR count). The van der Waals surface area contributed by atoms with Gasteiger partial charge in [-0.2, -0.15) is 0 Å². The van der Waals surface area contributed by atoms with E-state index < -0.39 is 0 Å². The molecule has 13 heavy (non-hydrogen) atoms. The monoisotopic (exact) mass is 201 g/mol. The molecule has 0 spiro atoms. The number of hydrogen-bond donors (Lipinski definition) is 3. The minimum Gasteiger partial charge on any atom is -0.326 e. The molecule has 0 unspecified atom stereocenters. The number of nitrogen functional groups attached to an aromatic ring is 1. The van der Waals surface area contributed by atoms with Gasteiger partial charge in [0.1, 0.15) is 0 Å². The van der Waals surface area contributed by atoms with Crippen LogP contribution in [0.15, 0.2) is 24.3 Å². The largest absolute Gasteiger partial charge is 0.326 e. The van der Waals surface area contributed by atoms with Crippen LogP contribution < -0.4 is 16.6 Å². The number of carbonyl (C=O) groups excluding carboxylic acids is 1. The van der Waals surface area contributed by atoms with Gasteiger partial charge in [-0.1, -0.05) is 6.07 Å². The van der Waals surface area contributed by atoms with Crippen LogP contribution in [0, 0.1) is 0 Å². The number of benzene rings is 1. The Kier molecular flexibility index (Phi) is 4.87. The number of hydrazine groups is 1. The number of carbonyl (C=O) groups is 1. The van der Waals surface area contributed by atoms with Crippen LogP contribution in [0.5, 0.6) is 0 Å². The summed E-state index contributed by atoms with van der Waals surface area (Å²) in [5.41, 5.74) is 3.99. The van der Waals surface area contributed by atoms with Gasteiger partial charge in [-0.05, 0) is 18.2 Å². The zero-order valence-electron chi connectivity index (χ0n) is 7.20. The number of rotatable bonds is 2. The average molecular weight is 202 g/mol. The van der Waals surface area contributed by atoms with Crippen LogP contribution in [0.25, 0.3) is 0 Å². The second-order valence-electron chi connectivity index (χ2n) is 2.41. The molecule has 0 bridgehead atoms. The fourth-order valence-electron chi connectivity index (χ4n) is 0.890. The van der Waals surface area contributed by atoms with Crippen molar-refractivity contribution in [2.24, 2.45) is 5.84 Å². The van der Waals surface area contributed by atoms with Crippen molar-refractivity contribution in [1.29, 1.82) is 0 Å². The number of nitrogens with one attached hydrogen (secondary N) is 2. The summed E-state index contributed by atoms with van der Waals surface area (Å²) in [5.74, 6) is 5.09. The Morgan fingerprint density at radius 3 is 2.54 bits per heavy atom. The molecule has 0 aliphatic rings. The third-order valence-electron chi connectivity index (χ3n) is 1.35. The lowest BCUT2D eigenvalue weighted by Crippen LogP contribution is -2.09. The molecular weight excluding hydrogens is 190 g/mol. The summed E-state index contributed by atoms with van der Waals surface area (Å²) < 4.78 is 0. The molecule has 5 heteroatoms. The first-order valence-corrected chi connectivity index (χ1v) is 3.56. The minimum atomic E-state index is -0.0934. The van der Waals surface area contributed by atoms with Crippen molar-refractivity contribution >= 4 is 29.7 Å². The molecule has 1 aromatic carbocycles. The van der Waals surface area contributed by atoms with Crippen LogP contribution in [0.1, 0.15) is 6.92 Å². The normalized spacial score (nSPS) is 8.46. The number of hydrogen-bond acceptors (Lipinski definition) is 3. The van der Waals surface area contributed by atoms with Crippen molar-refractivity contribution in [3.63, 3.8) is 0 Å². The molecule has 4 nitrogen and oxygen atoms in total. The second-order valence-corrected chi connectivity index (χ2v) is 2.41. The molecule has 72 valence electrons. The van der Waals surface area contributed by atoms with Gasteiger partial charge in [0.05, 0.1) is 5.69 Å². The third-order valence-corrected chi connectivity index (χ3v) is 1.35. The number of amides is 1. The highest BCUT2D eigenvalue weighted by Gasteiger charge is 1.95. The fraction of sp³-hybridized carbons (Fsp3) is 0.125. The van der Waals surface area contributed by atoms with E-state index in [1.54, 1.807) is 18.2 Å². The molecule has 1 aromatic rings. The van der Waals surface area contributed by atoms with E-state index in [1.807, 2.05) is 6.07 Å². The SMILES string of the molecule is CC(=O)Nc1cccc(NN)c1.Cl. The van der Waals surface area contributed by atoms with Crippen LogP contribution in [0.2, 0.25) is 0 Å². The van der Waals surface area contributed by atoms with E-state index in [-0.39, 0.29) is 18.3 Å². The lowest BCUT2D eigenvalue weighted by molar-refractivity contribution is -0.114. The highest BCUT2D eigenvalue weighted by molar-refractivity contribution is 5.89. The Balaban J connectivity index is 0.00000144.